The van der Waals surface area contributed by atoms with E-state index in [-0.39, 0.29) is 5.60 Å². The van der Waals surface area contributed by atoms with Crippen molar-refractivity contribution in [3.8, 4) is 5.75 Å². The van der Waals surface area contributed by atoms with Gasteiger partial charge in [-0.3, -0.25) is 4.90 Å². The lowest BCUT2D eigenvalue weighted by Gasteiger charge is -2.36. The van der Waals surface area contributed by atoms with Crippen LogP contribution in [0.5, 0.6) is 5.75 Å². The highest BCUT2D eigenvalue weighted by molar-refractivity contribution is 5.31. The van der Waals surface area contributed by atoms with Crippen LogP contribution < -0.4 is 4.74 Å². The molecule has 3 rings (SSSR count). The van der Waals surface area contributed by atoms with Crippen molar-refractivity contribution in [2.24, 2.45) is 0 Å². The van der Waals surface area contributed by atoms with Gasteiger partial charge in [-0.15, -0.1) is 0 Å². The van der Waals surface area contributed by atoms with Crippen LogP contribution in [0.2, 0.25) is 0 Å². The lowest BCUT2D eigenvalue weighted by Crippen LogP contribution is -2.50. The highest BCUT2D eigenvalue weighted by atomic mass is 16.5. The van der Waals surface area contributed by atoms with Crippen LogP contribution in [0.4, 0.5) is 0 Å². The number of rotatable bonds is 5. The van der Waals surface area contributed by atoms with E-state index in [9.17, 15) is 0 Å². The van der Waals surface area contributed by atoms with E-state index in [0.717, 1.165) is 38.5 Å². The molecule has 4 nitrogen and oxygen atoms in total. The van der Waals surface area contributed by atoms with Gasteiger partial charge in [0.2, 0.25) is 0 Å². The van der Waals surface area contributed by atoms with Crippen LogP contribution in [0.25, 0.3) is 0 Å². The van der Waals surface area contributed by atoms with Crippen molar-refractivity contribution in [1.29, 1.82) is 0 Å². The number of ether oxygens (including phenoxy) is 3. The molecule has 0 aliphatic carbocycles. The Hall–Kier alpha value is -1.10. The van der Waals surface area contributed by atoms with Gasteiger partial charge in [-0.1, -0.05) is 18.2 Å². The number of aryl methyl sites for hydroxylation is 1. The molecule has 1 aromatic rings. The van der Waals surface area contributed by atoms with Crippen molar-refractivity contribution in [3.63, 3.8) is 0 Å². The summed E-state index contributed by atoms with van der Waals surface area (Å²) in [5, 5.41) is 0. The quantitative estimate of drug-likeness (QED) is 0.822. The first-order valence-corrected chi connectivity index (χ1v) is 7.28. The summed E-state index contributed by atoms with van der Waals surface area (Å²) in [6.07, 6.45) is 1.02. The van der Waals surface area contributed by atoms with Gasteiger partial charge in [0, 0.05) is 20.2 Å². The molecule has 0 aromatic heterocycles. The third kappa shape index (κ3) is 2.68. The molecule has 0 amide bonds. The summed E-state index contributed by atoms with van der Waals surface area (Å²) in [6, 6.07) is 8.70. The number of nitrogens with zero attached hydrogens (tertiary/aromatic N) is 1. The Kier molecular flexibility index (Phi) is 3.96. The minimum atomic E-state index is -0.183. The van der Waals surface area contributed by atoms with Crippen molar-refractivity contribution >= 4 is 0 Å². The summed E-state index contributed by atoms with van der Waals surface area (Å²) in [5.74, 6) is 0.953. The molecule has 2 aliphatic heterocycles. The van der Waals surface area contributed by atoms with Gasteiger partial charge in [-0.05, 0) is 25.0 Å². The maximum Gasteiger partial charge on any atom is 0.122 e. The van der Waals surface area contributed by atoms with Crippen molar-refractivity contribution in [1.82, 2.24) is 4.90 Å². The molecule has 1 aromatic carbocycles. The number of para-hydroxylation sites is 1. The van der Waals surface area contributed by atoms with E-state index in [1.807, 2.05) is 18.2 Å². The highest BCUT2D eigenvalue weighted by Crippen LogP contribution is 2.29. The standard InChI is InChI=1S/C16H23NO3/c1-13-5-3-4-6-15(13)20-12-16(18-2)7-8-17(11-16)14-9-19-10-14/h3-6,14H,7-12H2,1-2H3. The zero-order valence-electron chi connectivity index (χ0n) is 12.3. The van der Waals surface area contributed by atoms with Crippen LogP contribution in [-0.2, 0) is 9.47 Å². The maximum atomic E-state index is 6.01. The van der Waals surface area contributed by atoms with Crippen molar-refractivity contribution in [2.75, 3.05) is 40.0 Å². The fourth-order valence-corrected chi connectivity index (χ4v) is 2.89. The molecule has 2 heterocycles. The average molecular weight is 277 g/mol. The van der Waals surface area contributed by atoms with E-state index >= 15 is 0 Å². The Morgan fingerprint density at radius 3 is 2.80 bits per heavy atom. The molecule has 110 valence electrons. The van der Waals surface area contributed by atoms with Crippen molar-refractivity contribution < 1.29 is 14.2 Å². The second-order valence-electron chi connectivity index (χ2n) is 5.85. The fourth-order valence-electron chi connectivity index (χ4n) is 2.89. The van der Waals surface area contributed by atoms with Gasteiger partial charge < -0.3 is 14.2 Å². The first-order valence-electron chi connectivity index (χ1n) is 7.28. The van der Waals surface area contributed by atoms with E-state index in [2.05, 4.69) is 17.9 Å². The third-order valence-electron chi connectivity index (χ3n) is 4.50. The molecule has 0 radical (unpaired) electrons. The molecule has 20 heavy (non-hydrogen) atoms. The van der Waals surface area contributed by atoms with Gasteiger partial charge in [0.15, 0.2) is 0 Å². The summed E-state index contributed by atoms with van der Waals surface area (Å²) >= 11 is 0. The Labute approximate surface area is 120 Å². The van der Waals surface area contributed by atoms with Crippen molar-refractivity contribution in [2.45, 2.75) is 25.0 Å². The Balaban J connectivity index is 1.61. The van der Waals surface area contributed by atoms with E-state index in [1.54, 1.807) is 7.11 Å². The predicted octanol–water partition coefficient (Wildman–Crippen LogP) is 1.86. The summed E-state index contributed by atoms with van der Waals surface area (Å²) < 4.78 is 17.1. The molecular weight excluding hydrogens is 254 g/mol. The van der Waals surface area contributed by atoms with Gasteiger partial charge in [-0.25, -0.2) is 0 Å². The number of methoxy groups -OCH3 is 1. The second-order valence-corrected chi connectivity index (χ2v) is 5.85. The molecule has 1 atom stereocenters. The van der Waals surface area contributed by atoms with Crippen LogP contribution in [0.15, 0.2) is 24.3 Å². The molecule has 0 spiro atoms. The number of hydrogen-bond donors (Lipinski definition) is 0. The predicted molar refractivity (Wildman–Crippen MR) is 77.2 cm³/mol. The van der Waals surface area contributed by atoms with E-state index < -0.39 is 0 Å². The first kappa shape index (κ1) is 13.9. The fraction of sp³-hybridized carbons (Fsp3) is 0.625. The monoisotopic (exact) mass is 277 g/mol. The third-order valence-corrected chi connectivity index (χ3v) is 4.50. The van der Waals surface area contributed by atoms with Crippen molar-refractivity contribution in [3.05, 3.63) is 29.8 Å². The van der Waals surface area contributed by atoms with Gasteiger partial charge in [0.05, 0.1) is 19.3 Å². The SMILES string of the molecule is COC1(COc2ccccc2C)CCN(C2COC2)C1. The Morgan fingerprint density at radius 1 is 1.35 bits per heavy atom. The molecule has 2 fully saturated rings. The van der Waals surface area contributed by atoms with Gasteiger partial charge in [0.25, 0.3) is 0 Å². The van der Waals surface area contributed by atoms with E-state index in [0.29, 0.717) is 12.6 Å². The zero-order chi connectivity index (χ0) is 14.0. The van der Waals surface area contributed by atoms with E-state index in [1.165, 1.54) is 5.56 Å². The van der Waals surface area contributed by atoms with Crippen LogP contribution in [-0.4, -0.2) is 56.6 Å². The summed E-state index contributed by atoms with van der Waals surface area (Å²) in [4.78, 5) is 2.47. The smallest absolute Gasteiger partial charge is 0.122 e. The number of benzene rings is 1. The van der Waals surface area contributed by atoms with Gasteiger partial charge >= 0.3 is 0 Å². The van der Waals surface area contributed by atoms with E-state index in [4.69, 9.17) is 14.2 Å². The average Bonchev–Trinajstić information content (AvgIpc) is 2.81. The number of hydrogen-bond acceptors (Lipinski definition) is 4. The second kappa shape index (κ2) is 5.72. The molecular formula is C16H23NO3. The summed E-state index contributed by atoms with van der Waals surface area (Å²) in [7, 11) is 1.79. The highest BCUT2D eigenvalue weighted by Gasteiger charge is 2.43. The molecule has 2 aliphatic rings. The normalized spacial score (nSPS) is 27.5. The van der Waals surface area contributed by atoms with Gasteiger partial charge in [0.1, 0.15) is 18.0 Å². The van der Waals surface area contributed by atoms with Crippen LogP contribution in [0.1, 0.15) is 12.0 Å². The summed E-state index contributed by atoms with van der Waals surface area (Å²) in [5.41, 5.74) is 0.985. The molecule has 0 N–H and O–H groups in total. The maximum absolute atomic E-state index is 6.01. The minimum Gasteiger partial charge on any atom is -0.490 e. The molecule has 1 unspecified atom stereocenters. The molecule has 0 saturated carbocycles. The lowest BCUT2D eigenvalue weighted by atomic mass is 10.0. The largest absolute Gasteiger partial charge is 0.490 e. The summed E-state index contributed by atoms with van der Waals surface area (Å²) in [6.45, 7) is 6.40. The lowest BCUT2D eigenvalue weighted by molar-refractivity contribution is -0.0780. The molecule has 0 bridgehead atoms. The molecule has 2 saturated heterocycles. The topological polar surface area (TPSA) is 30.9 Å². The van der Waals surface area contributed by atoms with Crippen LogP contribution >= 0.6 is 0 Å². The van der Waals surface area contributed by atoms with Gasteiger partial charge in [-0.2, -0.15) is 0 Å². The van der Waals surface area contributed by atoms with Crippen LogP contribution in [0.3, 0.4) is 0 Å². The Morgan fingerprint density at radius 2 is 2.15 bits per heavy atom. The first-order chi connectivity index (χ1) is 9.72. The minimum absolute atomic E-state index is 0.183. The Bertz CT molecular complexity index is 461. The van der Waals surface area contributed by atoms with Crippen LogP contribution in [0, 0.1) is 6.92 Å². The number of likely N-dealkylation sites (tertiary alicyclic amines) is 1. The zero-order valence-corrected chi connectivity index (χ0v) is 12.3. The molecule has 4 heteroatoms.